The zero-order chi connectivity index (χ0) is 13.2. The number of hydrogen-bond acceptors (Lipinski definition) is 3. The fourth-order valence-electron chi connectivity index (χ4n) is 3.75. The van der Waals surface area contributed by atoms with Crippen molar-refractivity contribution in [2.75, 3.05) is 45.8 Å². The fraction of sp³-hybridized carbons (Fsp3) is 1.00. The molecule has 1 aliphatic carbocycles. The Balaban J connectivity index is 1.28. The fourth-order valence-corrected chi connectivity index (χ4v) is 3.75. The van der Waals surface area contributed by atoms with Crippen LogP contribution >= 0.6 is 0 Å². The summed E-state index contributed by atoms with van der Waals surface area (Å²) in [5.41, 5.74) is 0. The molecule has 1 atom stereocenters. The van der Waals surface area contributed by atoms with Crippen molar-refractivity contribution in [3.8, 4) is 0 Å². The van der Waals surface area contributed by atoms with E-state index < -0.39 is 0 Å². The molecule has 0 aromatic rings. The predicted octanol–water partition coefficient (Wildman–Crippen LogP) is 1.89. The maximum Gasteiger partial charge on any atom is 0.0136 e. The molecule has 110 valence electrons. The smallest absolute Gasteiger partial charge is 0.0136 e. The van der Waals surface area contributed by atoms with Gasteiger partial charge in [0.25, 0.3) is 0 Å². The third kappa shape index (κ3) is 3.50. The van der Waals surface area contributed by atoms with Crippen LogP contribution < -0.4 is 0 Å². The van der Waals surface area contributed by atoms with Crippen LogP contribution in [0.4, 0.5) is 0 Å². The van der Waals surface area contributed by atoms with Gasteiger partial charge in [0.2, 0.25) is 0 Å². The summed E-state index contributed by atoms with van der Waals surface area (Å²) < 4.78 is 0. The van der Waals surface area contributed by atoms with Gasteiger partial charge in [-0.3, -0.25) is 9.80 Å². The number of nitrogens with zero attached hydrogens (tertiary/aromatic N) is 3. The van der Waals surface area contributed by atoms with Gasteiger partial charge in [0, 0.05) is 38.3 Å². The van der Waals surface area contributed by atoms with Crippen LogP contribution in [0.15, 0.2) is 0 Å². The molecule has 3 fully saturated rings. The summed E-state index contributed by atoms with van der Waals surface area (Å²) in [7, 11) is 0. The molecule has 0 spiro atoms. The molecule has 3 heteroatoms. The summed E-state index contributed by atoms with van der Waals surface area (Å²) >= 11 is 0. The van der Waals surface area contributed by atoms with Gasteiger partial charge in [-0.25, -0.2) is 0 Å². The normalized spacial score (nSPS) is 30.8. The first-order valence-corrected chi connectivity index (χ1v) is 8.44. The molecule has 3 aliphatic rings. The summed E-state index contributed by atoms with van der Waals surface area (Å²) in [4.78, 5) is 8.03. The van der Waals surface area contributed by atoms with E-state index >= 15 is 0 Å². The lowest BCUT2D eigenvalue weighted by molar-refractivity contribution is 0.0618. The molecule has 1 saturated carbocycles. The van der Waals surface area contributed by atoms with Gasteiger partial charge in [0.15, 0.2) is 0 Å². The minimum absolute atomic E-state index is 0.725. The monoisotopic (exact) mass is 265 g/mol. The van der Waals surface area contributed by atoms with E-state index in [1.54, 1.807) is 0 Å². The van der Waals surface area contributed by atoms with Crippen molar-refractivity contribution in [2.45, 2.75) is 51.6 Å². The molecule has 2 heterocycles. The average molecular weight is 265 g/mol. The molecule has 0 radical (unpaired) electrons. The molecule has 0 unspecified atom stereocenters. The topological polar surface area (TPSA) is 9.72 Å². The lowest BCUT2D eigenvalue weighted by Crippen LogP contribution is -2.51. The third-order valence-corrected chi connectivity index (χ3v) is 5.40. The van der Waals surface area contributed by atoms with E-state index in [0.29, 0.717) is 0 Å². The number of rotatable bonds is 6. The van der Waals surface area contributed by atoms with Crippen molar-refractivity contribution < 1.29 is 0 Å². The highest BCUT2D eigenvalue weighted by molar-refractivity contribution is 4.94. The van der Waals surface area contributed by atoms with Crippen molar-refractivity contribution >= 4 is 0 Å². The van der Waals surface area contributed by atoms with Crippen molar-refractivity contribution in [2.24, 2.45) is 5.92 Å². The van der Waals surface area contributed by atoms with Gasteiger partial charge in [0.05, 0.1) is 0 Å². The van der Waals surface area contributed by atoms with E-state index in [-0.39, 0.29) is 0 Å². The summed E-state index contributed by atoms with van der Waals surface area (Å²) in [5.74, 6) is 1.09. The van der Waals surface area contributed by atoms with E-state index in [1.807, 2.05) is 0 Å². The molecular formula is C16H31N3. The average Bonchev–Trinajstić information content (AvgIpc) is 3.18. The Morgan fingerprint density at radius 1 is 0.895 bits per heavy atom. The van der Waals surface area contributed by atoms with Crippen LogP contribution in [0.5, 0.6) is 0 Å². The van der Waals surface area contributed by atoms with E-state index in [1.165, 1.54) is 71.5 Å². The lowest BCUT2D eigenvalue weighted by Gasteiger charge is -2.42. The van der Waals surface area contributed by atoms with Gasteiger partial charge in [-0.1, -0.05) is 0 Å². The number of piperazine rings is 1. The molecule has 0 amide bonds. The largest absolute Gasteiger partial charge is 0.301 e. The van der Waals surface area contributed by atoms with Crippen molar-refractivity contribution in [3.63, 3.8) is 0 Å². The summed E-state index contributed by atoms with van der Waals surface area (Å²) in [6.45, 7) is 13.8. The molecular weight excluding hydrogens is 234 g/mol. The maximum absolute atomic E-state index is 2.75. The highest BCUT2D eigenvalue weighted by Gasteiger charge is 2.39. The van der Waals surface area contributed by atoms with E-state index in [0.717, 1.165) is 18.0 Å². The van der Waals surface area contributed by atoms with Gasteiger partial charge in [-0.2, -0.15) is 0 Å². The summed E-state index contributed by atoms with van der Waals surface area (Å²) in [5, 5.41) is 0. The van der Waals surface area contributed by atoms with Gasteiger partial charge in [-0.05, 0) is 65.1 Å². The van der Waals surface area contributed by atoms with Crippen molar-refractivity contribution in [1.82, 2.24) is 14.7 Å². The molecule has 2 aliphatic heterocycles. The Bertz CT molecular complexity index is 280. The second kappa shape index (κ2) is 6.11. The number of likely N-dealkylation sites (tertiary alicyclic amines) is 1. The standard InChI is InChI=1S/C16H31N3/c1-14(2)18-12-10-17(11-13-18)7-3-8-19-9-6-16(19)15-4-5-15/h14-16H,3-13H2,1-2H3/t16-/m0/s1. The van der Waals surface area contributed by atoms with Crippen LogP contribution in [0, 0.1) is 5.92 Å². The molecule has 0 aromatic carbocycles. The second-order valence-electron chi connectivity index (χ2n) is 7.05. The predicted molar refractivity (Wildman–Crippen MR) is 80.5 cm³/mol. The first-order chi connectivity index (χ1) is 9.24. The van der Waals surface area contributed by atoms with E-state index in [4.69, 9.17) is 0 Å². The van der Waals surface area contributed by atoms with Crippen LogP contribution in [0.3, 0.4) is 0 Å². The minimum Gasteiger partial charge on any atom is -0.301 e. The molecule has 0 N–H and O–H groups in total. The minimum atomic E-state index is 0.725. The molecule has 0 aromatic heterocycles. The van der Waals surface area contributed by atoms with E-state index in [9.17, 15) is 0 Å². The Labute approximate surface area is 118 Å². The van der Waals surface area contributed by atoms with Gasteiger partial charge >= 0.3 is 0 Å². The zero-order valence-corrected chi connectivity index (χ0v) is 12.9. The van der Waals surface area contributed by atoms with Gasteiger partial charge in [0.1, 0.15) is 0 Å². The lowest BCUT2D eigenvalue weighted by atomic mass is 9.98. The SMILES string of the molecule is CC(C)N1CCN(CCCN2CC[C@H]2C2CC2)CC1. The second-order valence-corrected chi connectivity index (χ2v) is 7.05. The Morgan fingerprint density at radius 2 is 1.63 bits per heavy atom. The van der Waals surface area contributed by atoms with Crippen LogP contribution in [-0.2, 0) is 0 Å². The van der Waals surface area contributed by atoms with Crippen LogP contribution in [-0.4, -0.2) is 72.6 Å². The Kier molecular flexibility index (Phi) is 4.45. The quantitative estimate of drug-likeness (QED) is 0.726. The van der Waals surface area contributed by atoms with Crippen molar-refractivity contribution in [3.05, 3.63) is 0 Å². The first-order valence-electron chi connectivity index (χ1n) is 8.44. The molecule has 0 bridgehead atoms. The van der Waals surface area contributed by atoms with Crippen LogP contribution in [0.1, 0.15) is 39.5 Å². The molecule has 2 saturated heterocycles. The molecule has 3 rings (SSSR count). The maximum atomic E-state index is 2.75. The highest BCUT2D eigenvalue weighted by atomic mass is 15.3. The number of hydrogen-bond donors (Lipinski definition) is 0. The third-order valence-electron chi connectivity index (χ3n) is 5.40. The Hall–Kier alpha value is -0.120. The zero-order valence-electron chi connectivity index (χ0n) is 12.9. The van der Waals surface area contributed by atoms with Gasteiger partial charge < -0.3 is 4.90 Å². The van der Waals surface area contributed by atoms with Crippen molar-refractivity contribution in [1.29, 1.82) is 0 Å². The Morgan fingerprint density at radius 3 is 2.16 bits per heavy atom. The molecule has 3 nitrogen and oxygen atoms in total. The molecule has 19 heavy (non-hydrogen) atoms. The summed E-state index contributed by atoms with van der Waals surface area (Å²) in [6, 6.07) is 1.71. The van der Waals surface area contributed by atoms with Crippen LogP contribution in [0.2, 0.25) is 0 Å². The van der Waals surface area contributed by atoms with Crippen LogP contribution in [0.25, 0.3) is 0 Å². The van der Waals surface area contributed by atoms with Gasteiger partial charge in [-0.15, -0.1) is 0 Å². The van der Waals surface area contributed by atoms with E-state index in [2.05, 4.69) is 28.5 Å². The highest BCUT2D eigenvalue weighted by Crippen LogP contribution is 2.40. The summed E-state index contributed by atoms with van der Waals surface area (Å²) in [6.07, 6.45) is 5.89. The first kappa shape index (κ1) is 13.8.